The Balaban J connectivity index is 1.90. The number of benzene rings is 2. The van der Waals surface area contributed by atoms with E-state index < -0.39 is 10.0 Å². The third-order valence-corrected chi connectivity index (χ3v) is 5.50. The third-order valence-electron chi connectivity index (χ3n) is 4.23. The highest BCUT2D eigenvalue weighted by Gasteiger charge is 2.13. The first-order valence-corrected chi connectivity index (χ1v) is 10.6. The number of sulfonamides is 1. The maximum atomic E-state index is 12.6. The molecule has 150 valence electrons. The van der Waals surface area contributed by atoms with Gasteiger partial charge in [0.25, 0.3) is 15.9 Å². The van der Waals surface area contributed by atoms with Crippen LogP contribution in [0.1, 0.15) is 28.4 Å². The summed E-state index contributed by atoms with van der Waals surface area (Å²) in [5, 5.41) is 2.75. The SMILES string of the molecule is CCNC(=O)c1ccc(Cn2cccn/c2=N\S(=O)(=O)c2ccc(C)cc2)cc1. The van der Waals surface area contributed by atoms with E-state index >= 15 is 0 Å². The molecule has 1 N–H and O–H groups in total. The van der Waals surface area contributed by atoms with Gasteiger partial charge in [0.15, 0.2) is 0 Å². The minimum atomic E-state index is -3.88. The fourth-order valence-electron chi connectivity index (χ4n) is 2.68. The van der Waals surface area contributed by atoms with Crippen molar-refractivity contribution in [2.45, 2.75) is 25.3 Å². The van der Waals surface area contributed by atoms with E-state index in [2.05, 4.69) is 14.7 Å². The average molecular weight is 410 g/mol. The second kappa shape index (κ2) is 8.83. The standard InChI is InChI=1S/C21H22N4O3S/c1-3-22-20(26)18-9-7-17(8-10-18)15-25-14-4-13-23-21(25)24-29(27,28)19-11-5-16(2)6-12-19/h4-14H,3,15H2,1-2H3,(H,22,26)/b24-21+. The number of aromatic nitrogens is 2. The number of aryl methyl sites for hydroxylation is 1. The summed E-state index contributed by atoms with van der Waals surface area (Å²) in [7, 11) is -3.88. The maximum absolute atomic E-state index is 12.6. The number of hydrogen-bond donors (Lipinski definition) is 1. The van der Waals surface area contributed by atoms with Gasteiger partial charge in [-0.2, -0.15) is 8.42 Å². The molecular weight excluding hydrogens is 388 g/mol. The van der Waals surface area contributed by atoms with Crippen molar-refractivity contribution in [1.82, 2.24) is 14.9 Å². The minimum Gasteiger partial charge on any atom is -0.352 e. The zero-order chi connectivity index (χ0) is 20.9. The number of amides is 1. The average Bonchev–Trinajstić information content (AvgIpc) is 2.70. The first-order chi connectivity index (χ1) is 13.9. The lowest BCUT2D eigenvalue weighted by atomic mass is 10.1. The predicted molar refractivity (Wildman–Crippen MR) is 110 cm³/mol. The molecule has 0 aliphatic rings. The summed E-state index contributed by atoms with van der Waals surface area (Å²) in [6.45, 7) is 4.68. The molecule has 0 saturated carbocycles. The topological polar surface area (TPSA) is 93.4 Å². The summed E-state index contributed by atoms with van der Waals surface area (Å²) in [4.78, 5) is 16.1. The van der Waals surface area contributed by atoms with Gasteiger partial charge in [-0.1, -0.05) is 29.8 Å². The van der Waals surface area contributed by atoms with Crippen LogP contribution in [0.5, 0.6) is 0 Å². The Hall–Kier alpha value is -3.26. The Morgan fingerprint density at radius 2 is 1.79 bits per heavy atom. The molecule has 0 saturated heterocycles. The quantitative estimate of drug-likeness (QED) is 0.675. The van der Waals surface area contributed by atoms with E-state index in [-0.39, 0.29) is 16.4 Å². The molecule has 0 aliphatic carbocycles. The van der Waals surface area contributed by atoms with E-state index in [0.717, 1.165) is 11.1 Å². The van der Waals surface area contributed by atoms with E-state index in [1.54, 1.807) is 41.1 Å². The number of nitrogens with zero attached hydrogens (tertiary/aromatic N) is 3. The normalized spacial score (nSPS) is 12.0. The van der Waals surface area contributed by atoms with Gasteiger partial charge >= 0.3 is 0 Å². The van der Waals surface area contributed by atoms with Crippen molar-refractivity contribution >= 4 is 15.9 Å². The fraction of sp³-hybridized carbons (Fsp3) is 0.190. The molecule has 29 heavy (non-hydrogen) atoms. The van der Waals surface area contributed by atoms with Gasteiger partial charge in [0, 0.05) is 24.5 Å². The summed E-state index contributed by atoms with van der Waals surface area (Å²) in [6, 6.07) is 15.3. The molecule has 3 rings (SSSR count). The van der Waals surface area contributed by atoms with Gasteiger partial charge in [0.05, 0.1) is 11.4 Å². The maximum Gasteiger partial charge on any atom is 0.285 e. The van der Waals surface area contributed by atoms with E-state index in [4.69, 9.17) is 0 Å². The van der Waals surface area contributed by atoms with Crippen molar-refractivity contribution < 1.29 is 13.2 Å². The van der Waals surface area contributed by atoms with Crippen LogP contribution in [0.2, 0.25) is 0 Å². The van der Waals surface area contributed by atoms with E-state index in [1.807, 2.05) is 26.0 Å². The second-order valence-corrected chi connectivity index (χ2v) is 8.09. The molecule has 0 unspecified atom stereocenters. The predicted octanol–water partition coefficient (Wildman–Crippen LogP) is 2.28. The van der Waals surface area contributed by atoms with Crippen molar-refractivity contribution in [2.75, 3.05) is 6.54 Å². The monoisotopic (exact) mass is 410 g/mol. The highest BCUT2D eigenvalue weighted by Crippen LogP contribution is 2.12. The molecule has 1 aromatic heterocycles. The molecule has 0 atom stereocenters. The summed E-state index contributed by atoms with van der Waals surface area (Å²) < 4.78 is 30.8. The Labute approximate surface area is 169 Å². The van der Waals surface area contributed by atoms with Crippen LogP contribution < -0.4 is 10.9 Å². The van der Waals surface area contributed by atoms with Crippen LogP contribution in [0.15, 0.2) is 76.3 Å². The summed E-state index contributed by atoms with van der Waals surface area (Å²) in [5.41, 5.74) is 2.51. The van der Waals surface area contributed by atoms with Gasteiger partial charge in [0.1, 0.15) is 0 Å². The van der Waals surface area contributed by atoms with Gasteiger partial charge in [0.2, 0.25) is 5.62 Å². The van der Waals surface area contributed by atoms with Crippen LogP contribution in [0.3, 0.4) is 0 Å². The van der Waals surface area contributed by atoms with Crippen LogP contribution in [0.4, 0.5) is 0 Å². The van der Waals surface area contributed by atoms with Crippen molar-refractivity contribution in [3.63, 3.8) is 0 Å². The first-order valence-electron chi connectivity index (χ1n) is 9.15. The molecule has 0 spiro atoms. The van der Waals surface area contributed by atoms with Crippen molar-refractivity contribution in [3.8, 4) is 0 Å². The number of hydrogen-bond acceptors (Lipinski definition) is 4. The molecule has 1 amide bonds. The van der Waals surface area contributed by atoms with E-state index in [0.29, 0.717) is 18.7 Å². The molecule has 3 aromatic rings. The molecular formula is C21H22N4O3S. The van der Waals surface area contributed by atoms with Crippen molar-refractivity contribution in [3.05, 3.63) is 89.3 Å². The molecule has 1 heterocycles. The lowest BCUT2D eigenvalue weighted by Crippen LogP contribution is -2.26. The Morgan fingerprint density at radius 3 is 2.45 bits per heavy atom. The van der Waals surface area contributed by atoms with Gasteiger partial charge < -0.3 is 9.88 Å². The molecule has 0 radical (unpaired) electrons. The van der Waals surface area contributed by atoms with E-state index in [1.165, 1.54) is 18.3 Å². The number of carbonyl (C=O) groups excluding carboxylic acids is 1. The van der Waals surface area contributed by atoms with Gasteiger partial charge in [-0.3, -0.25) is 4.79 Å². The Kier molecular flexibility index (Phi) is 6.23. The number of carbonyl (C=O) groups is 1. The minimum absolute atomic E-state index is 0.0841. The third kappa shape index (κ3) is 5.17. The van der Waals surface area contributed by atoms with Gasteiger partial charge in [-0.25, -0.2) is 4.98 Å². The van der Waals surface area contributed by atoms with Crippen molar-refractivity contribution in [1.29, 1.82) is 0 Å². The molecule has 0 fully saturated rings. The number of rotatable bonds is 6. The zero-order valence-electron chi connectivity index (χ0n) is 16.2. The Bertz CT molecular complexity index is 1170. The van der Waals surface area contributed by atoms with Crippen LogP contribution in [0.25, 0.3) is 0 Å². The van der Waals surface area contributed by atoms with Crippen molar-refractivity contribution in [2.24, 2.45) is 4.40 Å². The van der Waals surface area contributed by atoms with Crippen LogP contribution in [-0.4, -0.2) is 30.4 Å². The molecule has 8 heteroatoms. The smallest absolute Gasteiger partial charge is 0.285 e. The van der Waals surface area contributed by atoms with Gasteiger partial charge in [-0.05, 0) is 49.7 Å². The highest BCUT2D eigenvalue weighted by atomic mass is 32.2. The van der Waals surface area contributed by atoms with Crippen LogP contribution in [-0.2, 0) is 16.6 Å². The number of nitrogens with one attached hydrogen (secondary N) is 1. The summed E-state index contributed by atoms with van der Waals surface area (Å²) in [5.74, 6) is -0.132. The lowest BCUT2D eigenvalue weighted by Gasteiger charge is -2.08. The summed E-state index contributed by atoms with van der Waals surface area (Å²) >= 11 is 0. The molecule has 0 bridgehead atoms. The Morgan fingerprint density at radius 1 is 1.10 bits per heavy atom. The van der Waals surface area contributed by atoms with Gasteiger partial charge in [-0.15, -0.1) is 4.40 Å². The fourth-order valence-corrected chi connectivity index (χ4v) is 3.64. The lowest BCUT2D eigenvalue weighted by molar-refractivity contribution is 0.0956. The molecule has 7 nitrogen and oxygen atoms in total. The largest absolute Gasteiger partial charge is 0.352 e. The molecule has 2 aromatic carbocycles. The summed E-state index contributed by atoms with van der Waals surface area (Å²) in [6.07, 6.45) is 3.21. The zero-order valence-corrected chi connectivity index (χ0v) is 17.1. The first kappa shape index (κ1) is 20.5. The highest BCUT2D eigenvalue weighted by molar-refractivity contribution is 7.90. The molecule has 0 aliphatic heterocycles. The van der Waals surface area contributed by atoms with E-state index in [9.17, 15) is 13.2 Å². The van der Waals surface area contributed by atoms with Crippen LogP contribution in [0, 0.1) is 6.92 Å². The second-order valence-electron chi connectivity index (χ2n) is 6.48. The van der Waals surface area contributed by atoms with Crippen LogP contribution >= 0.6 is 0 Å².